The van der Waals surface area contributed by atoms with Crippen molar-refractivity contribution in [2.24, 2.45) is 11.5 Å². The predicted molar refractivity (Wildman–Crippen MR) is 43.3 cm³/mol. The first-order valence-corrected chi connectivity index (χ1v) is 4.01. The Morgan fingerprint density at radius 2 is 2.10 bits per heavy atom. The lowest BCUT2D eigenvalue weighted by Gasteiger charge is -2.12. The predicted octanol–water partition coefficient (Wildman–Crippen LogP) is 1.12. The minimum Gasteiger partial charge on any atom is -0.402 e. The van der Waals surface area contributed by atoms with Gasteiger partial charge in [0.2, 0.25) is 0 Å². The normalized spacial score (nSPS) is 28.5. The van der Waals surface area contributed by atoms with E-state index in [1.165, 1.54) is 19.3 Å². The molecule has 0 aromatic carbocycles. The fourth-order valence-corrected chi connectivity index (χ4v) is 1.33. The number of hydrogen-bond donors (Lipinski definition) is 2. The standard InChI is InChI=1S/C8H16N2/c9-7-4-2-1-3-5-8(10)6-7/h6-7H,1-5,9-10H2. The molecule has 0 heterocycles. The molecule has 2 nitrogen and oxygen atoms in total. The molecule has 1 atom stereocenters. The van der Waals surface area contributed by atoms with Crippen molar-refractivity contribution in [3.63, 3.8) is 0 Å². The average molecular weight is 140 g/mol. The van der Waals surface area contributed by atoms with E-state index in [1.807, 2.05) is 6.08 Å². The van der Waals surface area contributed by atoms with Gasteiger partial charge >= 0.3 is 0 Å². The minimum absolute atomic E-state index is 0.209. The monoisotopic (exact) mass is 140 g/mol. The second-order valence-electron chi connectivity index (χ2n) is 3.00. The highest BCUT2D eigenvalue weighted by Crippen LogP contribution is 2.12. The van der Waals surface area contributed by atoms with Gasteiger partial charge in [-0.1, -0.05) is 12.8 Å². The summed E-state index contributed by atoms with van der Waals surface area (Å²) in [5.74, 6) is 0. The maximum Gasteiger partial charge on any atom is 0.0243 e. The third-order valence-electron chi connectivity index (χ3n) is 1.93. The van der Waals surface area contributed by atoms with E-state index >= 15 is 0 Å². The second-order valence-corrected chi connectivity index (χ2v) is 3.00. The zero-order chi connectivity index (χ0) is 7.40. The van der Waals surface area contributed by atoms with Gasteiger partial charge in [0.1, 0.15) is 0 Å². The van der Waals surface area contributed by atoms with Gasteiger partial charge in [-0.05, 0) is 25.3 Å². The molecule has 0 aliphatic heterocycles. The molecule has 0 radical (unpaired) electrons. The second kappa shape index (κ2) is 3.62. The molecule has 10 heavy (non-hydrogen) atoms. The zero-order valence-corrected chi connectivity index (χ0v) is 6.34. The van der Waals surface area contributed by atoms with Gasteiger partial charge in [-0.2, -0.15) is 0 Å². The first-order valence-electron chi connectivity index (χ1n) is 4.01. The Morgan fingerprint density at radius 3 is 2.90 bits per heavy atom. The molecule has 0 amide bonds. The van der Waals surface area contributed by atoms with Crippen LogP contribution in [0.15, 0.2) is 11.8 Å². The Labute approximate surface area is 62.3 Å². The lowest BCUT2D eigenvalue weighted by Crippen LogP contribution is -2.20. The van der Waals surface area contributed by atoms with Crippen LogP contribution in [-0.4, -0.2) is 6.04 Å². The Hall–Kier alpha value is -0.500. The largest absolute Gasteiger partial charge is 0.402 e. The highest BCUT2D eigenvalue weighted by molar-refractivity contribution is 5.02. The van der Waals surface area contributed by atoms with Crippen molar-refractivity contribution in [2.75, 3.05) is 0 Å². The van der Waals surface area contributed by atoms with Crippen LogP contribution in [0.25, 0.3) is 0 Å². The van der Waals surface area contributed by atoms with E-state index in [0.29, 0.717) is 0 Å². The molecule has 1 aliphatic carbocycles. The van der Waals surface area contributed by atoms with E-state index in [0.717, 1.165) is 18.5 Å². The van der Waals surface area contributed by atoms with Crippen molar-refractivity contribution in [1.82, 2.24) is 0 Å². The van der Waals surface area contributed by atoms with Gasteiger partial charge in [0.25, 0.3) is 0 Å². The number of nitrogens with two attached hydrogens (primary N) is 2. The quantitative estimate of drug-likeness (QED) is 0.529. The topological polar surface area (TPSA) is 52.0 Å². The van der Waals surface area contributed by atoms with Gasteiger partial charge < -0.3 is 11.5 Å². The molecule has 0 bridgehead atoms. The van der Waals surface area contributed by atoms with Gasteiger partial charge in [0.15, 0.2) is 0 Å². The molecule has 0 fully saturated rings. The molecule has 1 aliphatic rings. The lowest BCUT2D eigenvalue weighted by molar-refractivity contribution is 0.581. The molecule has 0 saturated carbocycles. The molecule has 2 heteroatoms. The van der Waals surface area contributed by atoms with Crippen molar-refractivity contribution in [2.45, 2.75) is 38.1 Å². The van der Waals surface area contributed by atoms with Crippen LogP contribution in [0.1, 0.15) is 32.1 Å². The van der Waals surface area contributed by atoms with Gasteiger partial charge in [-0.3, -0.25) is 0 Å². The minimum atomic E-state index is 0.209. The SMILES string of the molecule is NC1=CC(N)CCCCC1. The summed E-state index contributed by atoms with van der Waals surface area (Å²) in [4.78, 5) is 0. The molecule has 0 aromatic rings. The zero-order valence-electron chi connectivity index (χ0n) is 6.34. The summed E-state index contributed by atoms with van der Waals surface area (Å²) >= 11 is 0. The molecule has 0 aromatic heterocycles. The van der Waals surface area contributed by atoms with Crippen molar-refractivity contribution in [1.29, 1.82) is 0 Å². The summed E-state index contributed by atoms with van der Waals surface area (Å²) < 4.78 is 0. The van der Waals surface area contributed by atoms with E-state index in [4.69, 9.17) is 11.5 Å². The van der Waals surface area contributed by atoms with Crippen LogP contribution in [-0.2, 0) is 0 Å². The van der Waals surface area contributed by atoms with Crippen molar-refractivity contribution in [3.8, 4) is 0 Å². The molecular weight excluding hydrogens is 124 g/mol. The molecule has 58 valence electrons. The van der Waals surface area contributed by atoms with Gasteiger partial charge in [0, 0.05) is 11.7 Å². The summed E-state index contributed by atoms with van der Waals surface area (Å²) in [5, 5.41) is 0. The van der Waals surface area contributed by atoms with Crippen LogP contribution in [0.5, 0.6) is 0 Å². The molecule has 0 saturated heterocycles. The fraction of sp³-hybridized carbons (Fsp3) is 0.750. The van der Waals surface area contributed by atoms with E-state index in [2.05, 4.69) is 0 Å². The first kappa shape index (κ1) is 7.61. The van der Waals surface area contributed by atoms with Crippen LogP contribution in [0.2, 0.25) is 0 Å². The molecule has 1 unspecified atom stereocenters. The highest BCUT2D eigenvalue weighted by Gasteiger charge is 2.03. The van der Waals surface area contributed by atoms with E-state index in [9.17, 15) is 0 Å². The summed E-state index contributed by atoms with van der Waals surface area (Å²) in [5.41, 5.74) is 12.4. The van der Waals surface area contributed by atoms with Gasteiger partial charge in [-0.15, -0.1) is 0 Å². The Kier molecular flexibility index (Phi) is 2.75. The van der Waals surface area contributed by atoms with Gasteiger partial charge in [0.05, 0.1) is 0 Å². The summed E-state index contributed by atoms with van der Waals surface area (Å²) in [6.07, 6.45) is 7.90. The summed E-state index contributed by atoms with van der Waals surface area (Å²) in [6, 6.07) is 0.209. The van der Waals surface area contributed by atoms with E-state index in [-0.39, 0.29) is 6.04 Å². The first-order chi connectivity index (χ1) is 4.79. The maximum absolute atomic E-state index is 5.74. The van der Waals surface area contributed by atoms with Crippen LogP contribution in [0.4, 0.5) is 0 Å². The molecule has 4 N–H and O–H groups in total. The number of rotatable bonds is 0. The maximum atomic E-state index is 5.74. The fourth-order valence-electron chi connectivity index (χ4n) is 1.33. The third-order valence-corrected chi connectivity index (χ3v) is 1.93. The van der Waals surface area contributed by atoms with E-state index in [1.54, 1.807) is 0 Å². The third kappa shape index (κ3) is 2.40. The Bertz CT molecular complexity index is 129. The Morgan fingerprint density at radius 1 is 1.30 bits per heavy atom. The lowest BCUT2D eigenvalue weighted by atomic mass is 10.0. The smallest absolute Gasteiger partial charge is 0.0243 e. The van der Waals surface area contributed by atoms with Crippen molar-refractivity contribution in [3.05, 3.63) is 11.8 Å². The van der Waals surface area contributed by atoms with Crippen LogP contribution >= 0.6 is 0 Å². The number of allylic oxidation sites excluding steroid dienone is 1. The highest BCUT2D eigenvalue weighted by atomic mass is 14.6. The van der Waals surface area contributed by atoms with Crippen molar-refractivity contribution < 1.29 is 0 Å². The molecular formula is C8H16N2. The number of hydrogen-bond acceptors (Lipinski definition) is 2. The van der Waals surface area contributed by atoms with Crippen LogP contribution in [0, 0.1) is 0 Å². The van der Waals surface area contributed by atoms with Crippen molar-refractivity contribution >= 4 is 0 Å². The van der Waals surface area contributed by atoms with Crippen LogP contribution in [0.3, 0.4) is 0 Å². The molecule has 1 rings (SSSR count). The summed E-state index contributed by atoms with van der Waals surface area (Å²) in [6.45, 7) is 0. The van der Waals surface area contributed by atoms with Gasteiger partial charge in [-0.25, -0.2) is 0 Å². The molecule has 0 spiro atoms. The van der Waals surface area contributed by atoms with Crippen LogP contribution < -0.4 is 11.5 Å². The average Bonchev–Trinajstić information content (AvgIpc) is 1.83. The summed E-state index contributed by atoms with van der Waals surface area (Å²) in [7, 11) is 0. The van der Waals surface area contributed by atoms with E-state index < -0.39 is 0 Å². The Balaban J connectivity index is 2.46.